The highest BCUT2D eigenvalue weighted by molar-refractivity contribution is 5.59. The molecule has 2 heterocycles. The van der Waals surface area contributed by atoms with E-state index in [9.17, 15) is 0 Å². The first-order chi connectivity index (χ1) is 11.0. The van der Waals surface area contributed by atoms with Gasteiger partial charge in [0.2, 0.25) is 0 Å². The smallest absolute Gasteiger partial charge is 0.142 e. The van der Waals surface area contributed by atoms with E-state index >= 15 is 0 Å². The predicted molar refractivity (Wildman–Crippen MR) is 96.5 cm³/mol. The number of benzene rings is 1. The zero-order chi connectivity index (χ0) is 16.4. The Kier molecular flexibility index (Phi) is 5.12. The highest BCUT2D eigenvalue weighted by Crippen LogP contribution is 2.30. The van der Waals surface area contributed by atoms with E-state index in [2.05, 4.69) is 61.3 Å². The Labute approximate surface area is 140 Å². The number of anilines is 1. The molecule has 1 N–H and O–H groups in total. The number of likely N-dealkylation sites (tertiary alicyclic amines) is 1. The summed E-state index contributed by atoms with van der Waals surface area (Å²) in [4.78, 5) is 5.02. The summed E-state index contributed by atoms with van der Waals surface area (Å²) in [5, 5.41) is 3.48. The van der Waals surface area contributed by atoms with Crippen molar-refractivity contribution in [1.82, 2.24) is 9.80 Å². The lowest BCUT2D eigenvalue weighted by Gasteiger charge is -2.38. The van der Waals surface area contributed by atoms with Crippen LogP contribution in [0.2, 0.25) is 0 Å². The molecule has 1 aromatic rings. The van der Waals surface area contributed by atoms with Gasteiger partial charge in [0.15, 0.2) is 0 Å². The van der Waals surface area contributed by atoms with Crippen molar-refractivity contribution in [3.05, 3.63) is 23.8 Å². The molecule has 0 saturated carbocycles. The molecule has 2 atom stereocenters. The zero-order valence-electron chi connectivity index (χ0n) is 15.0. The second-order valence-electron chi connectivity index (χ2n) is 7.39. The van der Waals surface area contributed by atoms with Gasteiger partial charge in [-0.3, -0.25) is 0 Å². The van der Waals surface area contributed by atoms with E-state index < -0.39 is 0 Å². The Bertz CT molecular complexity index is 525. The number of rotatable bonds is 4. The predicted octanol–water partition coefficient (Wildman–Crippen LogP) is 2.84. The van der Waals surface area contributed by atoms with Crippen LogP contribution in [0.25, 0.3) is 0 Å². The van der Waals surface area contributed by atoms with Crippen molar-refractivity contribution < 1.29 is 4.74 Å². The Morgan fingerprint density at radius 3 is 2.83 bits per heavy atom. The second kappa shape index (κ2) is 7.10. The van der Waals surface area contributed by atoms with Gasteiger partial charge in [0.25, 0.3) is 0 Å². The Hall–Kier alpha value is -1.26. The summed E-state index contributed by atoms with van der Waals surface area (Å²) in [7, 11) is 4.52. The van der Waals surface area contributed by atoms with E-state index in [1.165, 1.54) is 31.5 Å². The molecule has 2 unspecified atom stereocenters. The van der Waals surface area contributed by atoms with E-state index in [1.807, 2.05) is 0 Å². The van der Waals surface area contributed by atoms with Crippen LogP contribution in [0.4, 0.5) is 5.69 Å². The summed E-state index contributed by atoms with van der Waals surface area (Å²) in [5.41, 5.74) is 2.54. The molecule has 4 nitrogen and oxygen atoms in total. The van der Waals surface area contributed by atoms with Gasteiger partial charge in [-0.05, 0) is 78.0 Å². The Morgan fingerprint density at radius 1 is 1.35 bits per heavy atom. The van der Waals surface area contributed by atoms with Crippen LogP contribution in [0.5, 0.6) is 5.75 Å². The summed E-state index contributed by atoms with van der Waals surface area (Å²) in [5.74, 6) is 0.990. The topological polar surface area (TPSA) is 27.7 Å². The SMILES string of the molecule is CC1CNc2cc(CC(C)N(C)C3CCN(C)CC3)ccc2O1. The van der Waals surface area contributed by atoms with Crippen LogP contribution in [0.3, 0.4) is 0 Å². The van der Waals surface area contributed by atoms with E-state index in [4.69, 9.17) is 4.74 Å². The van der Waals surface area contributed by atoms with Crippen LogP contribution in [0, 0.1) is 0 Å². The third-order valence-electron chi connectivity index (χ3n) is 5.44. The summed E-state index contributed by atoms with van der Waals surface area (Å²) in [6.07, 6.45) is 3.92. The zero-order valence-corrected chi connectivity index (χ0v) is 15.0. The number of hydrogen-bond acceptors (Lipinski definition) is 4. The maximum Gasteiger partial charge on any atom is 0.142 e. The van der Waals surface area contributed by atoms with Gasteiger partial charge in [-0.1, -0.05) is 6.07 Å². The van der Waals surface area contributed by atoms with E-state index in [0.29, 0.717) is 6.04 Å². The van der Waals surface area contributed by atoms with Gasteiger partial charge < -0.3 is 19.9 Å². The molecular formula is C19H31N3O. The molecule has 0 aromatic heterocycles. The lowest BCUT2D eigenvalue weighted by molar-refractivity contribution is 0.113. The number of hydrogen-bond donors (Lipinski definition) is 1. The number of nitrogens with zero attached hydrogens (tertiary/aromatic N) is 2. The van der Waals surface area contributed by atoms with E-state index in [0.717, 1.165) is 30.4 Å². The van der Waals surface area contributed by atoms with Crippen LogP contribution in [-0.4, -0.2) is 61.7 Å². The van der Waals surface area contributed by atoms with Crippen molar-refractivity contribution in [1.29, 1.82) is 0 Å². The largest absolute Gasteiger partial charge is 0.487 e. The van der Waals surface area contributed by atoms with Gasteiger partial charge in [-0.15, -0.1) is 0 Å². The maximum absolute atomic E-state index is 5.87. The number of likely N-dealkylation sites (N-methyl/N-ethyl adjacent to an activating group) is 1. The summed E-state index contributed by atoms with van der Waals surface area (Å²) in [6, 6.07) is 7.89. The van der Waals surface area contributed by atoms with E-state index in [1.54, 1.807) is 0 Å². The summed E-state index contributed by atoms with van der Waals surface area (Å²) < 4.78 is 5.87. The average Bonchev–Trinajstić information content (AvgIpc) is 2.55. The van der Waals surface area contributed by atoms with E-state index in [-0.39, 0.29) is 6.10 Å². The van der Waals surface area contributed by atoms with Crippen molar-refractivity contribution in [2.75, 3.05) is 39.0 Å². The Morgan fingerprint density at radius 2 is 2.09 bits per heavy atom. The van der Waals surface area contributed by atoms with Crippen molar-refractivity contribution >= 4 is 5.69 Å². The fourth-order valence-corrected chi connectivity index (χ4v) is 3.70. The minimum absolute atomic E-state index is 0.253. The van der Waals surface area contributed by atoms with Crippen molar-refractivity contribution in [3.8, 4) is 5.75 Å². The van der Waals surface area contributed by atoms with Crippen molar-refractivity contribution in [3.63, 3.8) is 0 Å². The first-order valence-electron chi connectivity index (χ1n) is 8.97. The normalized spacial score (nSPS) is 24.0. The molecule has 128 valence electrons. The molecule has 0 radical (unpaired) electrons. The van der Waals surface area contributed by atoms with Crippen LogP contribution >= 0.6 is 0 Å². The molecule has 0 spiro atoms. The molecule has 3 rings (SSSR count). The van der Waals surface area contributed by atoms with Gasteiger partial charge in [0.1, 0.15) is 11.9 Å². The number of ether oxygens (including phenoxy) is 1. The van der Waals surface area contributed by atoms with Crippen LogP contribution in [-0.2, 0) is 6.42 Å². The maximum atomic E-state index is 5.87. The minimum atomic E-state index is 0.253. The van der Waals surface area contributed by atoms with Crippen molar-refractivity contribution in [2.24, 2.45) is 0 Å². The van der Waals surface area contributed by atoms with Crippen LogP contribution < -0.4 is 10.1 Å². The quantitative estimate of drug-likeness (QED) is 0.924. The molecule has 0 bridgehead atoms. The molecule has 1 fully saturated rings. The van der Waals surface area contributed by atoms with Gasteiger partial charge >= 0.3 is 0 Å². The molecule has 1 saturated heterocycles. The molecule has 4 heteroatoms. The molecule has 0 aliphatic carbocycles. The average molecular weight is 317 g/mol. The third kappa shape index (κ3) is 3.99. The summed E-state index contributed by atoms with van der Waals surface area (Å²) in [6.45, 7) is 7.79. The van der Waals surface area contributed by atoms with Gasteiger partial charge in [-0.2, -0.15) is 0 Å². The molecule has 1 aromatic carbocycles. The van der Waals surface area contributed by atoms with Crippen LogP contribution in [0.15, 0.2) is 18.2 Å². The highest BCUT2D eigenvalue weighted by Gasteiger charge is 2.24. The number of nitrogens with one attached hydrogen (secondary N) is 1. The lowest BCUT2D eigenvalue weighted by Crippen LogP contribution is -2.46. The Balaban J connectivity index is 1.60. The fourth-order valence-electron chi connectivity index (χ4n) is 3.70. The first-order valence-corrected chi connectivity index (χ1v) is 8.97. The lowest BCUT2D eigenvalue weighted by atomic mass is 9.99. The number of fused-ring (bicyclic) bond motifs is 1. The molecular weight excluding hydrogens is 286 g/mol. The summed E-state index contributed by atoms with van der Waals surface area (Å²) >= 11 is 0. The van der Waals surface area contributed by atoms with Gasteiger partial charge in [-0.25, -0.2) is 0 Å². The van der Waals surface area contributed by atoms with Gasteiger partial charge in [0, 0.05) is 12.1 Å². The minimum Gasteiger partial charge on any atom is -0.487 e. The van der Waals surface area contributed by atoms with Crippen LogP contribution in [0.1, 0.15) is 32.3 Å². The fraction of sp³-hybridized carbons (Fsp3) is 0.684. The molecule has 2 aliphatic rings. The molecule has 0 amide bonds. The highest BCUT2D eigenvalue weighted by atomic mass is 16.5. The monoisotopic (exact) mass is 317 g/mol. The van der Waals surface area contributed by atoms with Gasteiger partial charge in [0.05, 0.1) is 12.2 Å². The second-order valence-corrected chi connectivity index (χ2v) is 7.39. The standard InChI is InChI=1S/C19H31N3O/c1-14(22(4)17-7-9-21(3)10-8-17)11-16-5-6-19-18(12-16)20-13-15(2)23-19/h5-6,12,14-15,17,20H,7-11,13H2,1-4H3. The van der Waals surface area contributed by atoms with Crippen molar-refractivity contribution in [2.45, 2.75) is 51.3 Å². The first kappa shape index (κ1) is 16.6. The molecule has 23 heavy (non-hydrogen) atoms. The molecule has 2 aliphatic heterocycles. The third-order valence-corrected chi connectivity index (χ3v) is 5.44. The number of piperidine rings is 1.